The van der Waals surface area contributed by atoms with E-state index in [0.717, 1.165) is 9.90 Å². The monoisotopic (exact) mass is 275 g/mol. The smallest absolute Gasteiger partial charge is 0.317 e. The van der Waals surface area contributed by atoms with Crippen molar-refractivity contribution in [3.05, 3.63) is 21.3 Å². The first-order valence-corrected chi connectivity index (χ1v) is 6.70. The number of aliphatic carboxylic acids is 1. The Hall–Kier alpha value is -0.580. The van der Waals surface area contributed by atoms with Crippen LogP contribution in [0.5, 0.6) is 0 Å². The Morgan fingerprint density at radius 2 is 2.18 bits per heavy atom. The van der Waals surface area contributed by atoms with E-state index in [9.17, 15) is 4.79 Å². The van der Waals surface area contributed by atoms with E-state index in [1.54, 1.807) is 0 Å². The van der Waals surface area contributed by atoms with Crippen molar-refractivity contribution in [3.63, 3.8) is 0 Å². The molecule has 1 aromatic heterocycles. The maximum atomic E-state index is 10.9. The molecule has 1 unspecified atom stereocenters. The second kappa shape index (κ2) is 5.38. The Labute approximate surface area is 111 Å². The highest BCUT2D eigenvalue weighted by Crippen LogP contribution is 2.31. The number of carbonyl (C=O) groups is 1. The molecule has 96 valence electrons. The zero-order valence-corrected chi connectivity index (χ0v) is 12.1. The summed E-state index contributed by atoms with van der Waals surface area (Å²) < 4.78 is 0.732. The Bertz CT molecular complexity index is 397. The third kappa shape index (κ3) is 3.98. The Kier molecular flexibility index (Phi) is 4.58. The molecule has 0 saturated carbocycles. The van der Waals surface area contributed by atoms with Gasteiger partial charge in [-0.25, -0.2) is 0 Å². The molecule has 1 aromatic rings. The number of carboxylic acids is 1. The SMILES string of the molecule is CC(c1csc(Cl)c1)N(CC(=O)O)C(C)(C)C. The number of carboxylic acid groups (broad SMARTS) is 1. The molecule has 0 saturated heterocycles. The molecule has 0 aliphatic rings. The fraction of sp³-hybridized carbons (Fsp3) is 0.583. The van der Waals surface area contributed by atoms with Gasteiger partial charge in [0.2, 0.25) is 0 Å². The van der Waals surface area contributed by atoms with Gasteiger partial charge < -0.3 is 5.11 Å². The fourth-order valence-corrected chi connectivity index (χ4v) is 2.80. The topological polar surface area (TPSA) is 40.5 Å². The van der Waals surface area contributed by atoms with Crippen molar-refractivity contribution < 1.29 is 9.90 Å². The number of rotatable bonds is 4. The molecule has 1 heterocycles. The van der Waals surface area contributed by atoms with Crippen LogP contribution in [0, 0.1) is 0 Å². The number of hydrogen-bond donors (Lipinski definition) is 1. The van der Waals surface area contributed by atoms with Gasteiger partial charge in [-0.2, -0.15) is 0 Å². The molecule has 0 aromatic carbocycles. The van der Waals surface area contributed by atoms with Crippen LogP contribution < -0.4 is 0 Å². The van der Waals surface area contributed by atoms with Crippen LogP contribution in [0.4, 0.5) is 0 Å². The summed E-state index contributed by atoms with van der Waals surface area (Å²) in [5.74, 6) is -0.812. The summed E-state index contributed by atoms with van der Waals surface area (Å²) in [5, 5.41) is 11.0. The van der Waals surface area contributed by atoms with Gasteiger partial charge in [0.05, 0.1) is 10.9 Å². The Morgan fingerprint density at radius 3 is 2.53 bits per heavy atom. The predicted octanol–water partition coefficient (Wildman–Crippen LogP) is 3.65. The largest absolute Gasteiger partial charge is 0.480 e. The highest BCUT2D eigenvalue weighted by molar-refractivity contribution is 7.14. The van der Waals surface area contributed by atoms with Crippen molar-refractivity contribution in [2.24, 2.45) is 0 Å². The molecule has 0 aliphatic carbocycles. The number of hydrogen-bond acceptors (Lipinski definition) is 3. The summed E-state index contributed by atoms with van der Waals surface area (Å²) in [6.07, 6.45) is 0. The molecule has 0 bridgehead atoms. The van der Waals surface area contributed by atoms with Crippen LogP contribution in [-0.2, 0) is 4.79 Å². The van der Waals surface area contributed by atoms with E-state index >= 15 is 0 Å². The summed E-state index contributed by atoms with van der Waals surface area (Å²) >= 11 is 7.38. The van der Waals surface area contributed by atoms with Crippen LogP contribution in [0.2, 0.25) is 4.34 Å². The highest BCUT2D eigenvalue weighted by Gasteiger charge is 2.29. The van der Waals surface area contributed by atoms with Crippen molar-refractivity contribution in [1.29, 1.82) is 0 Å². The van der Waals surface area contributed by atoms with Crippen molar-refractivity contribution in [3.8, 4) is 0 Å². The third-order valence-electron chi connectivity index (χ3n) is 2.70. The molecule has 0 radical (unpaired) electrons. The minimum Gasteiger partial charge on any atom is -0.480 e. The predicted molar refractivity (Wildman–Crippen MR) is 71.8 cm³/mol. The van der Waals surface area contributed by atoms with Gasteiger partial charge in [0, 0.05) is 11.6 Å². The zero-order valence-electron chi connectivity index (χ0n) is 10.5. The van der Waals surface area contributed by atoms with Crippen molar-refractivity contribution in [1.82, 2.24) is 4.90 Å². The van der Waals surface area contributed by atoms with Crippen LogP contribution >= 0.6 is 22.9 Å². The minimum absolute atomic E-state index is 0.0259. The molecular formula is C12H18ClNO2S. The normalized spacial score (nSPS) is 14.0. The van der Waals surface area contributed by atoms with Gasteiger partial charge in [-0.1, -0.05) is 11.6 Å². The van der Waals surface area contributed by atoms with E-state index in [-0.39, 0.29) is 18.1 Å². The summed E-state index contributed by atoms with van der Waals surface area (Å²) in [5.41, 5.74) is 0.864. The van der Waals surface area contributed by atoms with Gasteiger partial charge in [0.1, 0.15) is 0 Å². The van der Waals surface area contributed by atoms with E-state index < -0.39 is 5.97 Å². The first-order chi connectivity index (χ1) is 7.71. The molecule has 1 N–H and O–H groups in total. The van der Waals surface area contributed by atoms with Crippen molar-refractivity contribution in [2.75, 3.05) is 6.54 Å². The van der Waals surface area contributed by atoms with Crippen LogP contribution in [0.25, 0.3) is 0 Å². The van der Waals surface area contributed by atoms with Crippen LogP contribution in [0.1, 0.15) is 39.3 Å². The average Bonchev–Trinajstić information content (AvgIpc) is 2.58. The fourth-order valence-electron chi connectivity index (χ4n) is 1.82. The Balaban J connectivity index is 2.94. The van der Waals surface area contributed by atoms with Gasteiger partial charge in [-0.05, 0) is 44.7 Å². The molecule has 0 spiro atoms. The van der Waals surface area contributed by atoms with E-state index in [2.05, 4.69) is 0 Å². The molecule has 5 heteroatoms. The number of thiophene rings is 1. The molecule has 17 heavy (non-hydrogen) atoms. The maximum Gasteiger partial charge on any atom is 0.317 e. The molecule has 0 fully saturated rings. The zero-order chi connectivity index (χ0) is 13.2. The third-order valence-corrected chi connectivity index (χ3v) is 3.81. The van der Waals surface area contributed by atoms with E-state index in [0.29, 0.717) is 0 Å². The van der Waals surface area contributed by atoms with E-state index in [1.165, 1.54) is 11.3 Å². The number of nitrogens with zero attached hydrogens (tertiary/aromatic N) is 1. The lowest BCUT2D eigenvalue weighted by Gasteiger charge is -2.39. The quantitative estimate of drug-likeness (QED) is 0.912. The lowest BCUT2D eigenvalue weighted by Crippen LogP contribution is -2.45. The first kappa shape index (κ1) is 14.5. The summed E-state index contributed by atoms with van der Waals surface area (Å²) in [4.78, 5) is 12.9. The second-order valence-electron chi connectivity index (χ2n) is 5.05. The summed E-state index contributed by atoms with van der Waals surface area (Å²) in [6, 6.07) is 1.94. The van der Waals surface area contributed by atoms with E-state index in [4.69, 9.17) is 16.7 Å². The molecule has 1 atom stereocenters. The standard InChI is InChI=1S/C12H18ClNO2S/c1-8(9-5-10(13)17-7-9)14(6-11(15)16)12(2,3)4/h5,7-8H,6H2,1-4H3,(H,15,16). The average molecular weight is 276 g/mol. The summed E-state index contributed by atoms with van der Waals surface area (Å²) in [7, 11) is 0. The van der Waals surface area contributed by atoms with Gasteiger partial charge >= 0.3 is 5.97 Å². The van der Waals surface area contributed by atoms with Gasteiger partial charge in [0.25, 0.3) is 0 Å². The minimum atomic E-state index is -0.812. The first-order valence-electron chi connectivity index (χ1n) is 5.44. The lowest BCUT2D eigenvalue weighted by molar-refractivity contribution is -0.140. The molecule has 0 aliphatic heterocycles. The number of halogens is 1. The Morgan fingerprint density at radius 1 is 1.59 bits per heavy atom. The summed E-state index contributed by atoms with van der Waals surface area (Å²) in [6.45, 7) is 8.08. The lowest BCUT2D eigenvalue weighted by atomic mass is 10.0. The van der Waals surface area contributed by atoms with Crippen LogP contribution in [0.3, 0.4) is 0 Å². The van der Waals surface area contributed by atoms with Gasteiger partial charge in [-0.15, -0.1) is 11.3 Å². The molecule has 3 nitrogen and oxygen atoms in total. The van der Waals surface area contributed by atoms with Crippen molar-refractivity contribution >= 4 is 28.9 Å². The van der Waals surface area contributed by atoms with E-state index in [1.807, 2.05) is 44.0 Å². The highest BCUT2D eigenvalue weighted by atomic mass is 35.5. The van der Waals surface area contributed by atoms with Crippen LogP contribution in [-0.4, -0.2) is 28.1 Å². The van der Waals surface area contributed by atoms with Crippen LogP contribution in [0.15, 0.2) is 11.4 Å². The van der Waals surface area contributed by atoms with Crippen molar-refractivity contribution in [2.45, 2.75) is 39.3 Å². The second-order valence-corrected chi connectivity index (χ2v) is 6.60. The molecule has 1 rings (SSSR count). The van der Waals surface area contributed by atoms with Gasteiger partial charge in [-0.3, -0.25) is 9.69 Å². The molecular weight excluding hydrogens is 258 g/mol. The maximum absolute atomic E-state index is 10.9. The van der Waals surface area contributed by atoms with Gasteiger partial charge in [0.15, 0.2) is 0 Å². The molecule has 0 amide bonds.